The number of nitrogens with one attached hydrogen (secondary N) is 8. The largest absolute Gasteiger partial charge is 0.385 e. The summed E-state index contributed by atoms with van der Waals surface area (Å²) in [6.07, 6.45) is 17.9. The molecule has 0 saturated heterocycles. The van der Waals surface area contributed by atoms with Gasteiger partial charge >= 0.3 is 0 Å². The Morgan fingerprint density at radius 1 is 0.443 bits per heavy atom. The number of amides is 7. The number of nitrogens with zero attached hydrogens (tertiary/aromatic N) is 1. The van der Waals surface area contributed by atoms with Crippen LogP contribution in [0.2, 0.25) is 0 Å². The van der Waals surface area contributed by atoms with Crippen LogP contribution in [0.15, 0.2) is 54.9 Å². The molecule has 0 unspecified atom stereocenters. The number of hydrogen-bond donors (Lipinski definition) is 8. The van der Waals surface area contributed by atoms with Crippen LogP contribution in [0.3, 0.4) is 0 Å². The number of hydrogen-bond acceptors (Lipinski definition) is 9. The van der Waals surface area contributed by atoms with Crippen molar-refractivity contribution in [3.63, 3.8) is 0 Å². The molecule has 3 aliphatic carbocycles. The van der Waals surface area contributed by atoms with Crippen molar-refractivity contribution < 1.29 is 33.6 Å². The fourth-order valence-electron chi connectivity index (χ4n) is 8.06. The first-order chi connectivity index (χ1) is 42.1. The molecule has 16 nitrogen and oxygen atoms in total. The highest BCUT2D eigenvalue weighted by Crippen LogP contribution is 2.23. The van der Waals surface area contributed by atoms with Crippen molar-refractivity contribution in [2.75, 3.05) is 34.2 Å². The van der Waals surface area contributed by atoms with Crippen LogP contribution in [0.1, 0.15) is 306 Å². The third-order valence-corrected chi connectivity index (χ3v) is 14.4. The summed E-state index contributed by atoms with van der Waals surface area (Å²) in [6.45, 7) is 57.3. The third-order valence-electron chi connectivity index (χ3n) is 14.4. The molecule has 1 aromatic carbocycles. The Morgan fingerprint density at radius 2 is 0.784 bits per heavy atom. The molecule has 3 saturated carbocycles. The number of benzene rings is 1. The molecular formula is C81H169N9O7. The van der Waals surface area contributed by atoms with Crippen molar-refractivity contribution in [2.45, 2.75) is 331 Å². The molecule has 1 aromatic rings. The molecule has 0 aromatic heterocycles. The molecule has 0 spiro atoms. The summed E-state index contributed by atoms with van der Waals surface area (Å²) in [6, 6.07) is 11.6. The van der Waals surface area contributed by atoms with Crippen LogP contribution >= 0.6 is 0 Å². The van der Waals surface area contributed by atoms with E-state index in [1.54, 1.807) is 7.05 Å². The zero-order chi connectivity index (χ0) is 71.6. The molecular weight excluding hydrogens is 1210 g/mol. The van der Waals surface area contributed by atoms with E-state index in [2.05, 4.69) is 108 Å². The maximum Gasteiger partial charge on any atom is 0.222 e. The van der Waals surface area contributed by atoms with Crippen LogP contribution in [0.4, 0.5) is 0 Å². The summed E-state index contributed by atoms with van der Waals surface area (Å²) in [5.74, 6) is 3.73. The van der Waals surface area contributed by atoms with Gasteiger partial charge in [0, 0.05) is 117 Å². The maximum absolute atomic E-state index is 11.3. The van der Waals surface area contributed by atoms with Gasteiger partial charge in [-0.25, -0.2) is 0 Å². The Morgan fingerprint density at radius 3 is 1.02 bits per heavy atom. The molecule has 3 aliphatic rings. The lowest BCUT2D eigenvalue weighted by Crippen LogP contribution is -2.42. The molecule has 0 aliphatic heterocycles. The van der Waals surface area contributed by atoms with E-state index in [1.807, 2.05) is 164 Å². The van der Waals surface area contributed by atoms with Gasteiger partial charge in [0.25, 0.3) is 0 Å². The average molecular weight is 1380 g/mol. The Labute approximate surface area is 604 Å². The van der Waals surface area contributed by atoms with Crippen molar-refractivity contribution >= 4 is 41.4 Å². The normalized spacial score (nSPS) is 12.9. The second kappa shape index (κ2) is 69.1. The van der Waals surface area contributed by atoms with Gasteiger partial charge in [-0.1, -0.05) is 264 Å². The Kier molecular flexibility index (Phi) is 82.4. The van der Waals surface area contributed by atoms with Crippen LogP contribution in [-0.2, 0) is 40.1 Å². The minimum atomic E-state index is -0.0959. The Hall–Kier alpha value is -5.41. The monoisotopic (exact) mass is 1380 g/mol. The molecule has 8 N–H and O–H groups in total. The van der Waals surface area contributed by atoms with Crippen molar-refractivity contribution in [1.29, 1.82) is 0 Å². The van der Waals surface area contributed by atoms with Gasteiger partial charge in [0.1, 0.15) is 0 Å². The number of rotatable bonds is 19. The van der Waals surface area contributed by atoms with Gasteiger partial charge in [-0.15, -0.1) is 0 Å². The topological polar surface area (TPSA) is 219 Å². The summed E-state index contributed by atoms with van der Waals surface area (Å²) < 4.78 is 0. The van der Waals surface area contributed by atoms with Crippen molar-refractivity contribution in [1.82, 2.24) is 47.4 Å². The molecule has 4 rings (SSSR count). The third kappa shape index (κ3) is 74.7. The van der Waals surface area contributed by atoms with Crippen LogP contribution < -0.4 is 42.5 Å². The fraction of sp³-hybridized carbons (Fsp3) is 0.790. The number of carbonyl (C=O) groups is 7. The molecule has 3 fully saturated rings. The van der Waals surface area contributed by atoms with Crippen molar-refractivity contribution in [3.05, 3.63) is 60.4 Å². The molecule has 16 heteroatoms. The second-order valence-corrected chi connectivity index (χ2v) is 28.6. The highest BCUT2D eigenvalue weighted by atomic mass is 16.2. The van der Waals surface area contributed by atoms with Gasteiger partial charge in [-0.2, -0.15) is 0 Å². The zero-order valence-corrected chi connectivity index (χ0v) is 63.6. The highest BCUT2D eigenvalue weighted by molar-refractivity contribution is 5.80. The minimum absolute atomic E-state index is 0. The molecule has 580 valence electrons. The first-order valence-electron chi connectivity index (χ1n) is 34.9. The van der Waals surface area contributed by atoms with E-state index in [4.69, 9.17) is 0 Å². The van der Waals surface area contributed by atoms with Crippen molar-refractivity contribution in [2.24, 2.45) is 59.2 Å². The van der Waals surface area contributed by atoms with E-state index in [0.29, 0.717) is 23.9 Å². The van der Waals surface area contributed by atoms with E-state index < -0.39 is 0 Å². The molecule has 7 amide bonds. The van der Waals surface area contributed by atoms with Crippen LogP contribution in [0.5, 0.6) is 0 Å². The molecule has 97 heavy (non-hydrogen) atoms. The minimum Gasteiger partial charge on any atom is -0.385 e. The second-order valence-electron chi connectivity index (χ2n) is 28.6. The SMILES string of the molecule is C.C.C.C.C.C.C=C(C(C)C)N(C)C.C=C(NCc1ccccc1)C(C)C.CC(C)C(=O)NC(C)(C)C.CC(C)C(=O)NC1CCCC1.CC(C)C(=O)NC1CCCCC1.CC(C)C(=O)NCC1CCCCC1.CC(C)NC(=O)C(C)C.CCNC(=O)C(C)C.CNC(=O)C(C)C. The predicted molar refractivity (Wildman–Crippen MR) is 428 cm³/mol. The van der Waals surface area contributed by atoms with Gasteiger partial charge in [0.05, 0.1) is 0 Å². The molecule has 0 atom stereocenters. The number of allylic oxidation sites excluding steroid dienone is 2. The summed E-state index contributed by atoms with van der Waals surface area (Å²) in [5, 5.41) is 23.3. The summed E-state index contributed by atoms with van der Waals surface area (Å²) in [7, 11) is 5.67. The van der Waals surface area contributed by atoms with E-state index in [9.17, 15) is 33.6 Å². The van der Waals surface area contributed by atoms with Crippen LogP contribution in [0, 0.1) is 59.2 Å². The standard InChI is InChI=1S/C12H17N.C11H21NO.C10H19NO.C9H17NO.C8H17NO.C7H15NO.C7H15N.C6H13NO.C5H11NO.6CH4/c1-10(2)11(3)13-9-12-7-5-4-6-8-12;1-9(2)11(13)12-8-10-6-4-3-5-7-10;1-8(2)10(12)11-9-6-4-3-5-7-9;1-7(2)9(11)10-8-5-3-4-6-8;1-6(2)7(10)9-8(3,4)5;1-5(2)7(9)8-6(3)4;1-6(2)7(3)8(4)5;1-4-7-6(8)5(2)3;1-4(2)5(7)6-3;;;;;;/h4-8,10,13H,3,9H2,1-2H3;9-10H,3-8H2,1-2H3,(H,12,13);8-9H,3-7H2,1-2H3,(H,11,12);7-8H,3-6H2,1-2H3,(H,10,11);6H,1-5H3,(H,9,10);5-6H,1-4H3,(H,8,9);6H,3H2,1-2,4-5H3;5H,4H2,1-3H3,(H,7,8);4H,1-3H3,(H,6,7);6*1H4. The molecule has 0 bridgehead atoms. The predicted octanol–water partition coefficient (Wildman–Crippen LogP) is 18.5. The van der Waals surface area contributed by atoms with E-state index in [-0.39, 0.29) is 139 Å². The lowest BCUT2D eigenvalue weighted by Gasteiger charge is -2.23. The Bertz CT molecular complexity index is 2050. The first-order valence-corrected chi connectivity index (χ1v) is 34.9. The van der Waals surface area contributed by atoms with Crippen LogP contribution in [-0.4, -0.2) is 104 Å². The smallest absolute Gasteiger partial charge is 0.222 e. The molecule has 0 heterocycles. The lowest BCUT2D eigenvalue weighted by molar-refractivity contribution is -0.126. The van der Waals surface area contributed by atoms with Gasteiger partial charge in [0.15, 0.2) is 0 Å². The summed E-state index contributed by atoms with van der Waals surface area (Å²) in [5.41, 5.74) is 3.49. The Balaban J connectivity index is -0.0000000953. The van der Waals surface area contributed by atoms with Crippen molar-refractivity contribution in [3.8, 4) is 0 Å². The van der Waals surface area contributed by atoms with Gasteiger partial charge < -0.3 is 47.4 Å². The number of carbonyl (C=O) groups excluding carboxylic acids is 7. The fourth-order valence-corrected chi connectivity index (χ4v) is 8.06. The van der Waals surface area contributed by atoms with Crippen LogP contribution in [0.25, 0.3) is 0 Å². The summed E-state index contributed by atoms with van der Waals surface area (Å²) >= 11 is 0. The van der Waals surface area contributed by atoms with Gasteiger partial charge in [-0.05, 0) is 103 Å². The van der Waals surface area contributed by atoms with E-state index in [0.717, 1.165) is 31.2 Å². The quantitative estimate of drug-likeness (QED) is 0.0660. The zero-order valence-electron chi connectivity index (χ0n) is 63.6. The van der Waals surface area contributed by atoms with Gasteiger partial charge in [-0.3, -0.25) is 33.6 Å². The van der Waals surface area contributed by atoms with E-state index in [1.165, 1.54) is 101 Å². The lowest BCUT2D eigenvalue weighted by atomic mass is 9.89. The maximum atomic E-state index is 11.3. The van der Waals surface area contributed by atoms with E-state index >= 15 is 0 Å². The van der Waals surface area contributed by atoms with Gasteiger partial charge in [0.2, 0.25) is 41.4 Å². The molecule has 0 radical (unpaired) electrons. The highest BCUT2D eigenvalue weighted by Gasteiger charge is 2.20. The average Bonchev–Trinajstić information content (AvgIpc) is 2.23. The summed E-state index contributed by atoms with van der Waals surface area (Å²) in [4.78, 5) is 78.7. The first kappa shape index (κ1) is 116.